The first-order valence-corrected chi connectivity index (χ1v) is 6.91. The normalized spacial score (nSPS) is 22.4. The van der Waals surface area contributed by atoms with Gasteiger partial charge in [0, 0.05) is 19.0 Å². The van der Waals surface area contributed by atoms with Crippen molar-refractivity contribution in [2.24, 2.45) is 5.92 Å². The molecular formula is C16H19N3. The summed E-state index contributed by atoms with van der Waals surface area (Å²) < 4.78 is 0. The number of rotatable bonds is 4. The van der Waals surface area contributed by atoms with Crippen LogP contribution in [0.5, 0.6) is 0 Å². The maximum Gasteiger partial charge on any atom is 0.0991 e. The molecule has 19 heavy (non-hydrogen) atoms. The molecule has 1 fully saturated rings. The van der Waals surface area contributed by atoms with Gasteiger partial charge in [0.1, 0.15) is 0 Å². The quantitative estimate of drug-likeness (QED) is 0.896. The first-order chi connectivity index (χ1) is 9.31. The van der Waals surface area contributed by atoms with Gasteiger partial charge in [0.15, 0.2) is 0 Å². The van der Waals surface area contributed by atoms with Gasteiger partial charge in [0.2, 0.25) is 0 Å². The minimum absolute atomic E-state index is 0.575. The van der Waals surface area contributed by atoms with Crippen molar-refractivity contribution < 1.29 is 0 Å². The number of nitriles is 2. The topological polar surface area (TPSA) is 59.6 Å². The Morgan fingerprint density at radius 1 is 1.05 bits per heavy atom. The van der Waals surface area contributed by atoms with Crippen LogP contribution in [0.3, 0.4) is 0 Å². The molecule has 1 aromatic carbocycles. The molecule has 0 aromatic heterocycles. The van der Waals surface area contributed by atoms with Crippen LogP contribution in [0.2, 0.25) is 0 Å². The first kappa shape index (κ1) is 13.6. The zero-order chi connectivity index (χ0) is 13.5. The summed E-state index contributed by atoms with van der Waals surface area (Å²) in [7, 11) is 0. The number of hydrogen-bond acceptors (Lipinski definition) is 3. The molecule has 1 aromatic rings. The number of benzene rings is 1. The molecule has 1 saturated carbocycles. The van der Waals surface area contributed by atoms with Crippen LogP contribution in [0.25, 0.3) is 0 Å². The summed E-state index contributed by atoms with van der Waals surface area (Å²) in [6, 6.07) is 12.7. The van der Waals surface area contributed by atoms with E-state index in [1.807, 2.05) is 24.3 Å². The van der Waals surface area contributed by atoms with Gasteiger partial charge in [-0.25, -0.2) is 0 Å². The molecule has 0 unspecified atom stereocenters. The van der Waals surface area contributed by atoms with E-state index in [0.717, 1.165) is 6.54 Å². The maximum atomic E-state index is 8.74. The highest BCUT2D eigenvalue weighted by molar-refractivity contribution is 5.31. The maximum absolute atomic E-state index is 8.74. The second-order valence-electron chi connectivity index (χ2n) is 5.27. The summed E-state index contributed by atoms with van der Waals surface area (Å²) in [5, 5.41) is 21.0. The lowest BCUT2D eigenvalue weighted by Gasteiger charge is -2.28. The number of nitrogens with one attached hydrogen (secondary N) is 1. The van der Waals surface area contributed by atoms with E-state index in [1.54, 1.807) is 0 Å². The zero-order valence-electron chi connectivity index (χ0n) is 11.1. The minimum atomic E-state index is 0.575. The van der Waals surface area contributed by atoms with E-state index < -0.39 is 0 Å². The van der Waals surface area contributed by atoms with Crippen molar-refractivity contribution in [3.63, 3.8) is 0 Å². The van der Waals surface area contributed by atoms with Crippen LogP contribution in [0.15, 0.2) is 24.3 Å². The third-order valence-corrected chi connectivity index (χ3v) is 3.90. The molecule has 1 aliphatic carbocycles. The Kier molecular flexibility index (Phi) is 4.95. The number of nitrogens with zero attached hydrogens (tertiary/aromatic N) is 2. The fourth-order valence-corrected chi connectivity index (χ4v) is 2.66. The van der Waals surface area contributed by atoms with E-state index in [9.17, 15) is 0 Å². The highest BCUT2D eigenvalue weighted by atomic mass is 14.9. The summed E-state index contributed by atoms with van der Waals surface area (Å²) in [6.07, 6.45) is 5.38. The van der Waals surface area contributed by atoms with Crippen LogP contribution in [0.4, 0.5) is 0 Å². The molecule has 0 saturated heterocycles. The molecule has 2 rings (SSSR count). The van der Waals surface area contributed by atoms with Gasteiger partial charge in [-0.2, -0.15) is 10.5 Å². The minimum Gasteiger partial charge on any atom is -0.310 e. The highest BCUT2D eigenvalue weighted by Gasteiger charge is 2.20. The third kappa shape index (κ3) is 4.09. The van der Waals surface area contributed by atoms with Crippen LogP contribution in [-0.4, -0.2) is 6.04 Å². The predicted octanol–water partition coefficient (Wildman–Crippen LogP) is 3.12. The van der Waals surface area contributed by atoms with Gasteiger partial charge in [-0.15, -0.1) is 0 Å². The molecule has 0 heterocycles. The summed E-state index contributed by atoms with van der Waals surface area (Å²) in [4.78, 5) is 0. The molecule has 3 nitrogen and oxygen atoms in total. The molecule has 0 aliphatic heterocycles. The van der Waals surface area contributed by atoms with Crippen molar-refractivity contribution in [2.75, 3.05) is 0 Å². The molecule has 1 aliphatic rings. The van der Waals surface area contributed by atoms with Crippen molar-refractivity contribution in [3.05, 3.63) is 35.4 Å². The molecular weight excluding hydrogens is 234 g/mol. The SMILES string of the molecule is N#CCC1CCC(NCc2ccc(C#N)cc2)CC1. The zero-order valence-corrected chi connectivity index (χ0v) is 11.1. The predicted molar refractivity (Wildman–Crippen MR) is 74.0 cm³/mol. The van der Waals surface area contributed by atoms with E-state index in [1.165, 1.54) is 31.2 Å². The van der Waals surface area contributed by atoms with Crippen LogP contribution in [-0.2, 0) is 6.54 Å². The van der Waals surface area contributed by atoms with Gasteiger partial charge >= 0.3 is 0 Å². The molecule has 98 valence electrons. The molecule has 0 radical (unpaired) electrons. The van der Waals surface area contributed by atoms with Crippen molar-refractivity contribution in [3.8, 4) is 12.1 Å². The van der Waals surface area contributed by atoms with Crippen molar-refractivity contribution in [2.45, 2.75) is 44.7 Å². The largest absolute Gasteiger partial charge is 0.310 e. The van der Waals surface area contributed by atoms with E-state index >= 15 is 0 Å². The van der Waals surface area contributed by atoms with Crippen LogP contribution in [0, 0.1) is 28.6 Å². The van der Waals surface area contributed by atoms with Gasteiger partial charge in [-0.3, -0.25) is 0 Å². The van der Waals surface area contributed by atoms with Gasteiger partial charge in [0.05, 0.1) is 17.7 Å². The average Bonchev–Trinajstić information content (AvgIpc) is 2.47. The Morgan fingerprint density at radius 3 is 2.32 bits per heavy atom. The summed E-state index contributed by atoms with van der Waals surface area (Å²) in [5.41, 5.74) is 1.93. The lowest BCUT2D eigenvalue weighted by molar-refractivity contribution is 0.294. The molecule has 0 spiro atoms. The van der Waals surface area contributed by atoms with Gasteiger partial charge in [-0.05, 0) is 49.3 Å². The monoisotopic (exact) mass is 253 g/mol. The van der Waals surface area contributed by atoms with Gasteiger partial charge in [0.25, 0.3) is 0 Å². The third-order valence-electron chi connectivity index (χ3n) is 3.90. The Bertz CT molecular complexity index is 470. The summed E-state index contributed by atoms with van der Waals surface area (Å²) in [5.74, 6) is 0.609. The Hall–Kier alpha value is -1.84. The van der Waals surface area contributed by atoms with Crippen LogP contribution in [0.1, 0.15) is 43.2 Å². The van der Waals surface area contributed by atoms with E-state index in [-0.39, 0.29) is 0 Å². The van der Waals surface area contributed by atoms with Crippen LogP contribution >= 0.6 is 0 Å². The molecule has 0 amide bonds. The molecule has 0 atom stereocenters. The van der Waals surface area contributed by atoms with E-state index in [2.05, 4.69) is 17.5 Å². The van der Waals surface area contributed by atoms with Crippen LogP contribution < -0.4 is 5.32 Å². The smallest absolute Gasteiger partial charge is 0.0991 e. The Labute approximate surface area is 114 Å². The molecule has 0 bridgehead atoms. The second-order valence-corrected chi connectivity index (χ2v) is 5.27. The Balaban J connectivity index is 1.74. The summed E-state index contributed by atoms with van der Waals surface area (Å²) in [6.45, 7) is 0.860. The van der Waals surface area contributed by atoms with Gasteiger partial charge < -0.3 is 5.32 Å². The van der Waals surface area contributed by atoms with Gasteiger partial charge in [-0.1, -0.05) is 12.1 Å². The van der Waals surface area contributed by atoms with Crippen molar-refractivity contribution >= 4 is 0 Å². The standard InChI is InChI=1S/C16H19N3/c17-10-9-13-5-7-16(8-6-13)19-12-15-3-1-14(11-18)2-4-15/h1-4,13,16,19H,5-9,12H2. The Morgan fingerprint density at radius 2 is 1.74 bits per heavy atom. The molecule has 1 N–H and O–H groups in total. The molecule has 3 heteroatoms. The number of hydrogen-bond donors (Lipinski definition) is 1. The summed E-state index contributed by atoms with van der Waals surface area (Å²) >= 11 is 0. The highest BCUT2D eigenvalue weighted by Crippen LogP contribution is 2.26. The lowest BCUT2D eigenvalue weighted by atomic mass is 9.84. The second kappa shape index (κ2) is 6.92. The fraction of sp³-hybridized carbons (Fsp3) is 0.500. The fourth-order valence-electron chi connectivity index (χ4n) is 2.66. The van der Waals surface area contributed by atoms with E-state index in [0.29, 0.717) is 23.9 Å². The van der Waals surface area contributed by atoms with E-state index in [4.69, 9.17) is 10.5 Å². The lowest BCUT2D eigenvalue weighted by Crippen LogP contribution is -2.32. The first-order valence-electron chi connectivity index (χ1n) is 6.91. The average molecular weight is 253 g/mol. The van der Waals surface area contributed by atoms with Crippen molar-refractivity contribution in [1.29, 1.82) is 10.5 Å². The van der Waals surface area contributed by atoms with Crippen molar-refractivity contribution in [1.82, 2.24) is 5.32 Å².